The third-order valence-electron chi connectivity index (χ3n) is 2.14. The first-order chi connectivity index (χ1) is 7.95. The topological polar surface area (TPSA) is 75.4 Å². The minimum Gasteiger partial charge on any atom is -0.480 e. The average molecular weight is 235 g/mol. The summed E-state index contributed by atoms with van der Waals surface area (Å²) in [6.07, 6.45) is 6.65. The zero-order chi connectivity index (χ0) is 13.0. The van der Waals surface area contributed by atoms with Crippen molar-refractivity contribution in [3.63, 3.8) is 0 Å². The molecule has 1 aromatic rings. The third-order valence-corrected chi connectivity index (χ3v) is 2.14. The summed E-state index contributed by atoms with van der Waals surface area (Å²) in [7, 11) is 1.69. The number of rotatable bonds is 4. The van der Waals surface area contributed by atoms with Crippen molar-refractivity contribution in [2.45, 2.75) is 6.92 Å². The molecule has 0 aromatic carbocycles. The Morgan fingerprint density at radius 2 is 2.29 bits per heavy atom. The van der Waals surface area contributed by atoms with E-state index in [4.69, 9.17) is 11.5 Å². The van der Waals surface area contributed by atoms with Gasteiger partial charge in [-0.3, -0.25) is 14.3 Å². The van der Waals surface area contributed by atoms with Gasteiger partial charge in [-0.25, -0.2) is 0 Å². The summed E-state index contributed by atoms with van der Waals surface area (Å²) in [6.45, 7) is 1.22. The van der Waals surface area contributed by atoms with Crippen LogP contribution in [0.2, 0.25) is 0 Å². The molecule has 0 aliphatic carbocycles. The molecular weight excluding hydrogens is 222 g/mol. The molecule has 17 heavy (non-hydrogen) atoms. The Kier molecular flexibility index (Phi) is 3.88. The quantitative estimate of drug-likeness (QED) is 0.739. The molecule has 1 N–H and O–H groups in total. The Bertz CT molecular complexity index is 485. The number of carboxylic acid groups (broad SMARTS) is 1. The lowest BCUT2D eigenvalue weighted by Gasteiger charge is -2.17. The largest absolute Gasteiger partial charge is 0.480 e. The number of terminal acetylenes is 1. The van der Waals surface area contributed by atoms with E-state index in [-0.39, 0.29) is 6.54 Å². The van der Waals surface area contributed by atoms with Crippen molar-refractivity contribution in [2.24, 2.45) is 7.05 Å². The van der Waals surface area contributed by atoms with E-state index in [9.17, 15) is 9.59 Å². The van der Waals surface area contributed by atoms with Crippen LogP contribution in [0.1, 0.15) is 16.1 Å². The van der Waals surface area contributed by atoms with Crippen LogP contribution in [0.5, 0.6) is 0 Å². The van der Waals surface area contributed by atoms with Crippen LogP contribution in [-0.4, -0.2) is 44.8 Å². The van der Waals surface area contributed by atoms with Gasteiger partial charge in [-0.1, -0.05) is 5.92 Å². The second-order valence-electron chi connectivity index (χ2n) is 3.56. The number of carboxylic acids is 1. The fourth-order valence-corrected chi connectivity index (χ4v) is 1.45. The number of amides is 1. The summed E-state index contributed by atoms with van der Waals surface area (Å²) in [5, 5.41) is 12.7. The second kappa shape index (κ2) is 5.16. The molecular formula is C11H13N3O3. The fraction of sp³-hybridized carbons (Fsp3) is 0.364. The summed E-state index contributed by atoms with van der Waals surface area (Å²) in [5.41, 5.74) is 0.911. The van der Waals surface area contributed by atoms with Gasteiger partial charge in [0, 0.05) is 13.2 Å². The van der Waals surface area contributed by atoms with Gasteiger partial charge in [-0.05, 0) is 6.92 Å². The Balaban J connectivity index is 2.95. The van der Waals surface area contributed by atoms with Crippen LogP contribution in [0, 0.1) is 19.3 Å². The van der Waals surface area contributed by atoms with E-state index in [1.54, 1.807) is 20.2 Å². The Morgan fingerprint density at radius 1 is 1.65 bits per heavy atom. The van der Waals surface area contributed by atoms with Gasteiger partial charge < -0.3 is 10.0 Å². The van der Waals surface area contributed by atoms with E-state index < -0.39 is 18.4 Å². The zero-order valence-corrected chi connectivity index (χ0v) is 9.67. The number of hydrogen-bond donors (Lipinski definition) is 1. The van der Waals surface area contributed by atoms with Crippen LogP contribution in [0.25, 0.3) is 0 Å². The molecule has 1 rings (SSSR count). The molecule has 0 unspecified atom stereocenters. The highest BCUT2D eigenvalue weighted by molar-refractivity contribution is 5.96. The molecule has 0 spiro atoms. The smallest absolute Gasteiger partial charge is 0.323 e. The first-order valence-electron chi connectivity index (χ1n) is 4.90. The van der Waals surface area contributed by atoms with E-state index in [0.717, 1.165) is 4.90 Å². The van der Waals surface area contributed by atoms with Gasteiger partial charge in [-0.2, -0.15) is 5.10 Å². The summed E-state index contributed by atoms with van der Waals surface area (Å²) in [4.78, 5) is 23.7. The van der Waals surface area contributed by atoms with Crippen LogP contribution in [0.4, 0.5) is 0 Å². The number of aromatic nitrogens is 2. The fourth-order valence-electron chi connectivity index (χ4n) is 1.45. The van der Waals surface area contributed by atoms with Gasteiger partial charge in [0.2, 0.25) is 0 Å². The van der Waals surface area contributed by atoms with Crippen LogP contribution >= 0.6 is 0 Å². The van der Waals surface area contributed by atoms with Crippen molar-refractivity contribution in [2.75, 3.05) is 13.1 Å². The molecule has 0 saturated carbocycles. The van der Waals surface area contributed by atoms with E-state index in [2.05, 4.69) is 11.0 Å². The molecule has 6 nitrogen and oxygen atoms in total. The minimum absolute atomic E-state index is 0.0422. The normalized spacial score (nSPS) is 9.71. The molecule has 1 heterocycles. The maximum atomic E-state index is 12.0. The number of nitrogens with zero attached hydrogens (tertiary/aromatic N) is 3. The van der Waals surface area contributed by atoms with E-state index in [1.165, 1.54) is 4.68 Å². The summed E-state index contributed by atoms with van der Waals surface area (Å²) >= 11 is 0. The molecule has 0 aliphatic heterocycles. The molecule has 0 fully saturated rings. The molecule has 0 atom stereocenters. The van der Waals surface area contributed by atoms with E-state index in [0.29, 0.717) is 11.3 Å². The highest BCUT2D eigenvalue weighted by Gasteiger charge is 2.21. The number of aryl methyl sites for hydroxylation is 2. The molecule has 1 aromatic heterocycles. The standard InChI is InChI=1S/C11H13N3O3/c1-4-5-14(7-10(15)16)11(17)9-6-13(3)12-8(9)2/h1,6H,5,7H2,2-3H3,(H,15,16). The number of carbonyl (C=O) groups excluding carboxylic acids is 1. The van der Waals surface area contributed by atoms with E-state index >= 15 is 0 Å². The predicted octanol–water partition coefficient (Wildman–Crippen LogP) is -0.111. The molecule has 1 amide bonds. The minimum atomic E-state index is -1.10. The number of aliphatic carboxylic acids is 1. The van der Waals surface area contributed by atoms with Crippen molar-refractivity contribution in [1.29, 1.82) is 0 Å². The zero-order valence-electron chi connectivity index (χ0n) is 9.67. The molecule has 90 valence electrons. The number of hydrogen-bond acceptors (Lipinski definition) is 3. The van der Waals surface area contributed by atoms with Crippen LogP contribution in [0.15, 0.2) is 6.20 Å². The van der Waals surface area contributed by atoms with Crippen molar-refractivity contribution in [1.82, 2.24) is 14.7 Å². The third kappa shape index (κ3) is 3.08. The Labute approximate surface area is 98.8 Å². The van der Waals surface area contributed by atoms with Crippen molar-refractivity contribution in [3.05, 3.63) is 17.5 Å². The van der Waals surface area contributed by atoms with Gasteiger partial charge in [0.05, 0.1) is 17.8 Å². The Hall–Kier alpha value is -2.29. The SMILES string of the molecule is C#CCN(CC(=O)O)C(=O)c1cn(C)nc1C. The first kappa shape index (κ1) is 12.8. The lowest BCUT2D eigenvalue weighted by Crippen LogP contribution is -2.36. The van der Waals surface area contributed by atoms with Gasteiger partial charge in [-0.15, -0.1) is 6.42 Å². The molecule has 0 aliphatic rings. The van der Waals surface area contributed by atoms with E-state index in [1.807, 2.05) is 0 Å². The second-order valence-corrected chi connectivity index (χ2v) is 3.56. The monoisotopic (exact) mass is 235 g/mol. The van der Waals surface area contributed by atoms with Crippen molar-refractivity contribution in [3.8, 4) is 12.3 Å². The lowest BCUT2D eigenvalue weighted by molar-refractivity contribution is -0.137. The highest BCUT2D eigenvalue weighted by Crippen LogP contribution is 2.08. The Morgan fingerprint density at radius 3 is 2.71 bits per heavy atom. The summed E-state index contributed by atoms with van der Waals surface area (Å²) in [5.74, 6) is 0.743. The molecule has 0 bridgehead atoms. The maximum absolute atomic E-state index is 12.0. The lowest BCUT2D eigenvalue weighted by atomic mass is 10.2. The molecule has 6 heteroatoms. The highest BCUT2D eigenvalue weighted by atomic mass is 16.4. The summed E-state index contributed by atoms with van der Waals surface area (Å²) < 4.78 is 1.50. The summed E-state index contributed by atoms with van der Waals surface area (Å²) in [6, 6.07) is 0. The molecule has 0 saturated heterocycles. The van der Waals surface area contributed by atoms with Crippen LogP contribution in [-0.2, 0) is 11.8 Å². The van der Waals surface area contributed by atoms with Crippen molar-refractivity contribution >= 4 is 11.9 Å². The molecule has 0 radical (unpaired) electrons. The van der Waals surface area contributed by atoms with Gasteiger partial charge in [0.25, 0.3) is 5.91 Å². The van der Waals surface area contributed by atoms with Crippen LogP contribution < -0.4 is 0 Å². The van der Waals surface area contributed by atoms with Crippen LogP contribution in [0.3, 0.4) is 0 Å². The van der Waals surface area contributed by atoms with Gasteiger partial charge in [0.15, 0.2) is 0 Å². The van der Waals surface area contributed by atoms with Crippen molar-refractivity contribution < 1.29 is 14.7 Å². The average Bonchev–Trinajstić information content (AvgIpc) is 2.55. The predicted molar refractivity (Wildman–Crippen MR) is 60.3 cm³/mol. The van der Waals surface area contributed by atoms with Gasteiger partial charge in [0.1, 0.15) is 6.54 Å². The number of carbonyl (C=O) groups is 2. The van der Waals surface area contributed by atoms with Gasteiger partial charge >= 0.3 is 5.97 Å². The first-order valence-corrected chi connectivity index (χ1v) is 4.90. The maximum Gasteiger partial charge on any atom is 0.323 e.